The van der Waals surface area contributed by atoms with E-state index in [-0.39, 0.29) is 6.42 Å². The number of aliphatic carboxylic acids is 1. The molecule has 0 spiro atoms. The molecule has 0 fully saturated rings. The zero-order valence-corrected chi connectivity index (χ0v) is 22.5. The van der Waals surface area contributed by atoms with E-state index in [9.17, 15) is 14.7 Å². The first-order valence-corrected chi connectivity index (χ1v) is 13.5. The lowest BCUT2D eigenvalue weighted by Crippen LogP contribution is -2.52. The largest absolute Gasteiger partial charge is 0.489 e. The first-order chi connectivity index (χ1) is 20.1. The molecule has 0 heterocycles. The number of benzene rings is 5. The summed E-state index contributed by atoms with van der Waals surface area (Å²) in [4.78, 5) is 26.9. The molecular formula is C36H31NO4. The van der Waals surface area contributed by atoms with Crippen LogP contribution in [0.1, 0.15) is 27.8 Å². The van der Waals surface area contributed by atoms with Crippen LogP contribution in [0.15, 0.2) is 146 Å². The van der Waals surface area contributed by atoms with E-state index in [1.54, 1.807) is 0 Å². The fourth-order valence-electron chi connectivity index (χ4n) is 5.12. The highest BCUT2D eigenvalue weighted by Crippen LogP contribution is 2.39. The summed E-state index contributed by atoms with van der Waals surface area (Å²) < 4.78 is 5.87. The molecule has 2 N–H and O–H groups in total. The number of carbonyl (C=O) groups excluding carboxylic acids is 1. The van der Waals surface area contributed by atoms with Crippen molar-refractivity contribution in [3.8, 4) is 5.75 Å². The first-order valence-electron chi connectivity index (χ1n) is 13.5. The fourth-order valence-corrected chi connectivity index (χ4v) is 5.12. The van der Waals surface area contributed by atoms with Crippen molar-refractivity contribution in [1.29, 1.82) is 0 Å². The highest BCUT2D eigenvalue weighted by molar-refractivity contribution is 5.98. The predicted octanol–water partition coefficient (Wildman–Crippen LogP) is 6.41. The van der Waals surface area contributed by atoms with Crippen LogP contribution in [0.2, 0.25) is 0 Å². The van der Waals surface area contributed by atoms with E-state index in [0.717, 1.165) is 27.8 Å². The van der Waals surface area contributed by atoms with Crippen LogP contribution in [-0.2, 0) is 28.0 Å². The van der Waals surface area contributed by atoms with Gasteiger partial charge < -0.3 is 15.2 Å². The molecule has 0 unspecified atom stereocenters. The van der Waals surface area contributed by atoms with Gasteiger partial charge in [-0.05, 0) is 39.9 Å². The van der Waals surface area contributed by atoms with E-state index in [1.807, 2.05) is 146 Å². The van der Waals surface area contributed by atoms with Crippen LogP contribution in [-0.4, -0.2) is 23.0 Å². The average Bonchev–Trinajstić information content (AvgIpc) is 3.03. The summed E-state index contributed by atoms with van der Waals surface area (Å²) in [6.45, 7) is 0.439. The van der Waals surface area contributed by atoms with Crippen LogP contribution >= 0.6 is 0 Å². The Kier molecular flexibility index (Phi) is 8.55. The molecule has 1 amide bonds. The lowest BCUT2D eigenvalue weighted by Gasteiger charge is -2.35. The zero-order chi connectivity index (χ0) is 28.5. The number of nitrogens with one attached hydrogen (secondary N) is 1. The number of carboxylic acids is 1. The summed E-state index contributed by atoms with van der Waals surface area (Å²) in [6.07, 6.45) is 0.120. The summed E-state index contributed by atoms with van der Waals surface area (Å²) in [7, 11) is 0. The van der Waals surface area contributed by atoms with Gasteiger partial charge >= 0.3 is 5.97 Å². The third kappa shape index (κ3) is 6.20. The summed E-state index contributed by atoms with van der Waals surface area (Å²) >= 11 is 0. The maximum atomic E-state index is 14.5. The van der Waals surface area contributed by atoms with Gasteiger partial charge in [-0.2, -0.15) is 0 Å². The number of carbonyl (C=O) groups is 2. The van der Waals surface area contributed by atoms with Crippen molar-refractivity contribution in [2.45, 2.75) is 24.5 Å². The SMILES string of the molecule is O=C(O)[C@H](Cc1ccc(OCc2ccccc2)cc1)NC(=O)C(c1ccccc1)(c1ccccc1)c1ccccc1. The van der Waals surface area contributed by atoms with E-state index in [4.69, 9.17) is 4.74 Å². The summed E-state index contributed by atoms with van der Waals surface area (Å²) in [5.74, 6) is -0.827. The monoisotopic (exact) mass is 541 g/mol. The van der Waals surface area contributed by atoms with Crippen molar-refractivity contribution in [3.63, 3.8) is 0 Å². The molecule has 0 aliphatic heterocycles. The molecule has 0 aromatic heterocycles. The molecule has 0 bridgehead atoms. The Labute approximate surface area is 240 Å². The Hall–Kier alpha value is -5.16. The van der Waals surface area contributed by atoms with Crippen molar-refractivity contribution in [2.75, 3.05) is 0 Å². The van der Waals surface area contributed by atoms with Crippen molar-refractivity contribution in [1.82, 2.24) is 5.32 Å². The van der Waals surface area contributed by atoms with Gasteiger partial charge in [0, 0.05) is 6.42 Å². The molecule has 5 rings (SSSR count). The van der Waals surface area contributed by atoms with Gasteiger partial charge in [0.2, 0.25) is 5.91 Å². The third-order valence-corrected chi connectivity index (χ3v) is 7.18. The van der Waals surface area contributed by atoms with Crippen molar-refractivity contribution in [2.24, 2.45) is 0 Å². The Morgan fingerprint density at radius 2 is 1.05 bits per heavy atom. The number of rotatable bonds is 11. The maximum absolute atomic E-state index is 14.5. The third-order valence-electron chi connectivity index (χ3n) is 7.18. The van der Waals surface area contributed by atoms with Gasteiger partial charge in [-0.1, -0.05) is 133 Å². The van der Waals surface area contributed by atoms with Gasteiger partial charge in [0.1, 0.15) is 23.8 Å². The van der Waals surface area contributed by atoms with Crippen molar-refractivity contribution in [3.05, 3.63) is 173 Å². The zero-order valence-electron chi connectivity index (χ0n) is 22.5. The summed E-state index contributed by atoms with van der Waals surface area (Å²) in [5.41, 5.74) is 2.82. The van der Waals surface area contributed by atoms with Crippen LogP contribution in [0, 0.1) is 0 Å². The highest BCUT2D eigenvalue weighted by atomic mass is 16.5. The molecule has 5 nitrogen and oxygen atoms in total. The molecule has 0 saturated carbocycles. The number of hydrogen-bond donors (Lipinski definition) is 2. The van der Waals surface area contributed by atoms with Gasteiger partial charge in [0.15, 0.2) is 0 Å². The minimum atomic E-state index is -1.26. The van der Waals surface area contributed by atoms with Crippen LogP contribution in [0.4, 0.5) is 0 Å². The predicted molar refractivity (Wildman–Crippen MR) is 160 cm³/mol. The van der Waals surface area contributed by atoms with Gasteiger partial charge in [0.25, 0.3) is 0 Å². The van der Waals surface area contributed by atoms with Crippen molar-refractivity contribution >= 4 is 11.9 Å². The number of carboxylic acid groups (broad SMARTS) is 1. The second kappa shape index (κ2) is 12.8. The Bertz CT molecular complexity index is 1460. The quantitative estimate of drug-likeness (QED) is 0.190. The molecule has 41 heavy (non-hydrogen) atoms. The number of hydrogen-bond acceptors (Lipinski definition) is 3. The molecule has 5 aromatic rings. The lowest BCUT2D eigenvalue weighted by atomic mass is 9.68. The summed E-state index contributed by atoms with van der Waals surface area (Å²) in [5, 5.41) is 13.1. The van der Waals surface area contributed by atoms with E-state index < -0.39 is 23.3 Å². The average molecular weight is 542 g/mol. The molecule has 1 atom stereocenters. The van der Waals surface area contributed by atoms with Crippen molar-refractivity contribution < 1.29 is 19.4 Å². The molecule has 5 heteroatoms. The molecular weight excluding hydrogens is 510 g/mol. The highest BCUT2D eigenvalue weighted by Gasteiger charge is 2.45. The van der Waals surface area contributed by atoms with Gasteiger partial charge in [-0.25, -0.2) is 4.79 Å². The molecule has 204 valence electrons. The van der Waals surface area contributed by atoms with Crippen LogP contribution in [0.3, 0.4) is 0 Å². The minimum Gasteiger partial charge on any atom is -0.489 e. The lowest BCUT2D eigenvalue weighted by molar-refractivity contribution is -0.142. The van der Waals surface area contributed by atoms with E-state index in [0.29, 0.717) is 12.4 Å². The normalized spacial score (nSPS) is 11.8. The molecule has 5 aromatic carbocycles. The van der Waals surface area contributed by atoms with E-state index in [1.165, 1.54) is 0 Å². The smallest absolute Gasteiger partial charge is 0.326 e. The molecule has 0 saturated heterocycles. The molecule has 0 aliphatic carbocycles. The second-order valence-corrected chi connectivity index (χ2v) is 9.83. The van der Waals surface area contributed by atoms with E-state index in [2.05, 4.69) is 5.32 Å². The number of ether oxygens (including phenoxy) is 1. The minimum absolute atomic E-state index is 0.120. The van der Waals surface area contributed by atoms with Gasteiger partial charge in [-0.15, -0.1) is 0 Å². The molecule has 0 radical (unpaired) electrons. The van der Waals surface area contributed by atoms with Gasteiger partial charge in [0.05, 0.1) is 0 Å². The number of amides is 1. The van der Waals surface area contributed by atoms with Crippen LogP contribution in [0.25, 0.3) is 0 Å². The van der Waals surface area contributed by atoms with Crippen LogP contribution < -0.4 is 10.1 Å². The fraction of sp³-hybridized carbons (Fsp3) is 0.111. The Balaban J connectivity index is 1.43. The Morgan fingerprint density at radius 1 is 0.610 bits per heavy atom. The Morgan fingerprint density at radius 3 is 1.49 bits per heavy atom. The first kappa shape index (κ1) is 27.4. The van der Waals surface area contributed by atoms with E-state index >= 15 is 0 Å². The molecule has 0 aliphatic rings. The second-order valence-electron chi connectivity index (χ2n) is 9.83. The standard InChI is InChI=1S/C36H31NO4/c38-34(39)33(25-27-21-23-32(24-22-27)41-26-28-13-5-1-6-14-28)37-35(40)36(29-15-7-2-8-16-29,30-17-9-3-10-18-30)31-19-11-4-12-20-31/h1-24,33H,25-26H2,(H,37,40)(H,38,39)/t33-/m0/s1. The topological polar surface area (TPSA) is 75.6 Å². The van der Waals surface area contributed by atoms with Crippen LogP contribution in [0.5, 0.6) is 5.75 Å². The van der Waals surface area contributed by atoms with Gasteiger partial charge in [-0.3, -0.25) is 4.79 Å². The summed E-state index contributed by atoms with van der Waals surface area (Å²) in [6, 6.07) is 44.5. The maximum Gasteiger partial charge on any atom is 0.326 e.